The van der Waals surface area contributed by atoms with Crippen LogP contribution in [0.1, 0.15) is 21.6 Å². The van der Waals surface area contributed by atoms with Gasteiger partial charge in [-0.3, -0.25) is 14.6 Å². The van der Waals surface area contributed by atoms with E-state index < -0.39 is 0 Å². The van der Waals surface area contributed by atoms with Gasteiger partial charge >= 0.3 is 0 Å². The highest BCUT2D eigenvalue weighted by molar-refractivity contribution is 6.35. The van der Waals surface area contributed by atoms with Crippen LogP contribution in [-0.4, -0.2) is 25.9 Å². The molecule has 0 radical (unpaired) electrons. The number of nitrogens with zero attached hydrogens (tertiary/aromatic N) is 3. The highest BCUT2D eigenvalue weighted by Crippen LogP contribution is 2.25. The third-order valence-electron chi connectivity index (χ3n) is 4.44. The number of anilines is 1. The average molecular weight is 426 g/mol. The lowest BCUT2D eigenvalue weighted by Gasteiger charge is -2.06. The first kappa shape index (κ1) is 19.2. The third-order valence-corrected chi connectivity index (χ3v) is 5.15. The molecule has 0 aliphatic heterocycles. The second-order valence-corrected chi connectivity index (χ2v) is 7.43. The minimum absolute atomic E-state index is 0.300. The van der Waals surface area contributed by atoms with Crippen molar-refractivity contribution in [2.45, 2.75) is 13.5 Å². The molecule has 8 heteroatoms. The van der Waals surface area contributed by atoms with E-state index >= 15 is 0 Å². The van der Waals surface area contributed by atoms with Crippen molar-refractivity contribution < 1.29 is 4.79 Å². The van der Waals surface area contributed by atoms with Crippen molar-refractivity contribution in [3.8, 4) is 11.3 Å². The van der Waals surface area contributed by atoms with Crippen LogP contribution in [0.5, 0.6) is 0 Å². The fraction of sp³-hybridized carbons (Fsp3) is 0.0952. The second-order valence-electron chi connectivity index (χ2n) is 6.61. The van der Waals surface area contributed by atoms with E-state index in [0.717, 1.165) is 16.7 Å². The van der Waals surface area contributed by atoms with Gasteiger partial charge in [-0.15, -0.1) is 0 Å². The summed E-state index contributed by atoms with van der Waals surface area (Å²) in [4.78, 5) is 12.5. The molecule has 6 nitrogen and oxygen atoms in total. The van der Waals surface area contributed by atoms with E-state index in [4.69, 9.17) is 23.2 Å². The van der Waals surface area contributed by atoms with E-state index in [1.807, 2.05) is 31.2 Å². The predicted octanol–water partition coefficient (Wildman–Crippen LogP) is 5.19. The highest BCUT2D eigenvalue weighted by atomic mass is 35.5. The molecule has 0 aliphatic rings. The largest absolute Gasteiger partial charge is 0.318 e. The first-order chi connectivity index (χ1) is 14.0. The summed E-state index contributed by atoms with van der Waals surface area (Å²) in [6, 6.07) is 15.0. The second kappa shape index (κ2) is 8.11. The summed E-state index contributed by atoms with van der Waals surface area (Å²) in [6.07, 6.45) is 3.29. The number of benzene rings is 2. The molecule has 4 aromatic rings. The molecule has 0 aliphatic carbocycles. The van der Waals surface area contributed by atoms with Crippen molar-refractivity contribution in [2.24, 2.45) is 0 Å². The van der Waals surface area contributed by atoms with Crippen LogP contribution in [0.3, 0.4) is 0 Å². The molecule has 2 aromatic carbocycles. The zero-order valence-corrected chi connectivity index (χ0v) is 17.0. The van der Waals surface area contributed by atoms with Crippen LogP contribution < -0.4 is 5.32 Å². The maximum absolute atomic E-state index is 12.5. The highest BCUT2D eigenvalue weighted by Gasteiger charge is 2.13. The molecular weight excluding hydrogens is 409 g/mol. The Morgan fingerprint density at radius 2 is 1.86 bits per heavy atom. The molecule has 0 saturated heterocycles. The molecule has 2 aromatic heterocycles. The number of carbonyl (C=O) groups is 1. The van der Waals surface area contributed by atoms with E-state index in [1.54, 1.807) is 41.3 Å². The Morgan fingerprint density at radius 1 is 1.14 bits per heavy atom. The van der Waals surface area contributed by atoms with Crippen LogP contribution in [-0.2, 0) is 6.54 Å². The molecule has 0 saturated carbocycles. The van der Waals surface area contributed by atoms with Gasteiger partial charge in [-0.1, -0.05) is 59.1 Å². The van der Waals surface area contributed by atoms with Gasteiger partial charge in [0.05, 0.1) is 24.1 Å². The molecule has 0 spiro atoms. The molecule has 2 heterocycles. The zero-order valence-electron chi connectivity index (χ0n) is 15.5. The normalized spacial score (nSPS) is 10.9. The van der Waals surface area contributed by atoms with Crippen molar-refractivity contribution in [1.82, 2.24) is 20.0 Å². The fourth-order valence-corrected chi connectivity index (χ4v) is 3.39. The van der Waals surface area contributed by atoms with Gasteiger partial charge in [-0.2, -0.15) is 10.2 Å². The molecule has 2 N–H and O–H groups in total. The Morgan fingerprint density at radius 3 is 2.59 bits per heavy atom. The molecular formula is C21H17Cl2N5O. The standard InChI is InChI=1S/C21H17Cl2N5O/c1-13-5-7-14(8-6-13)19-9-20(27-26-19)21(29)25-15-10-24-28(11-15)12-16-17(22)3-2-4-18(16)23/h2-11H,12H2,1H3,(H,25,29)(H,26,27). The average Bonchev–Trinajstić information content (AvgIpc) is 3.35. The summed E-state index contributed by atoms with van der Waals surface area (Å²) in [6.45, 7) is 2.42. The number of rotatable bonds is 5. The molecule has 29 heavy (non-hydrogen) atoms. The molecule has 1 amide bonds. The van der Waals surface area contributed by atoms with Crippen LogP contribution in [0.15, 0.2) is 60.9 Å². The Bertz CT molecular complexity index is 1140. The van der Waals surface area contributed by atoms with Crippen LogP contribution in [0.4, 0.5) is 5.69 Å². The summed E-state index contributed by atoms with van der Waals surface area (Å²) >= 11 is 12.4. The number of H-pyrrole nitrogens is 1. The first-order valence-electron chi connectivity index (χ1n) is 8.89. The van der Waals surface area contributed by atoms with Gasteiger partial charge < -0.3 is 5.32 Å². The van der Waals surface area contributed by atoms with Crippen molar-refractivity contribution in [2.75, 3.05) is 5.32 Å². The minimum Gasteiger partial charge on any atom is -0.318 e. The topological polar surface area (TPSA) is 75.6 Å². The summed E-state index contributed by atoms with van der Waals surface area (Å²) in [5.74, 6) is -0.300. The van der Waals surface area contributed by atoms with Crippen molar-refractivity contribution in [3.05, 3.63) is 87.8 Å². The van der Waals surface area contributed by atoms with Gasteiger partial charge in [-0.05, 0) is 25.1 Å². The van der Waals surface area contributed by atoms with Crippen LogP contribution >= 0.6 is 23.2 Å². The number of hydrogen-bond donors (Lipinski definition) is 2. The summed E-state index contributed by atoms with van der Waals surface area (Å²) in [5.41, 5.74) is 4.51. The lowest BCUT2D eigenvalue weighted by molar-refractivity contribution is 0.102. The summed E-state index contributed by atoms with van der Waals surface area (Å²) < 4.78 is 1.66. The fourth-order valence-electron chi connectivity index (χ4n) is 2.87. The van der Waals surface area contributed by atoms with E-state index in [2.05, 4.69) is 20.6 Å². The Labute approximate surface area is 177 Å². The van der Waals surface area contributed by atoms with Gasteiger partial charge in [0.25, 0.3) is 5.91 Å². The SMILES string of the molecule is Cc1ccc(-c2cc(C(=O)Nc3cnn(Cc4c(Cl)cccc4Cl)c3)[nH]n2)cc1. The van der Waals surface area contributed by atoms with Gasteiger partial charge in [-0.25, -0.2) is 0 Å². The number of hydrogen-bond acceptors (Lipinski definition) is 3. The summed E-state index contributed by atoms with van der Waals surface area (Å²) in [7, 11) is 0. The van der Waals surface area contributed by atoms with E-state index in [1.165, 1.54) is 0 Å². The number of nitrogens with one attached hydrogen (secondary N) is 2. The molecule has 146 valence electrons. The molecule has 0 fully saturated rings. The van der Waals surface area contributed by atoms with Gasteiger partial charge in [0.2, 0.25) is 0 Å². The number of carbonyl (C=O) groups excluding carboxylic acids is 1. The Balaban J connectivity index is 1.45. The lowest BCUT2D eigenvalue weighted by Crippen LogP contribution is -2.11. The Hall–Kier alpha value is -3.09. The van der Waals surface area contributed by atoms with Crippen LogP contribution in [0, 0.1) is 6.92 Å². The quantitative estimate of drug-likeness (QED) is 0.461. The third kappa shape index (κ3) is 4.34. The zero-order chi connectivity index (χ0) is 20.4. The van der Waals surface area contributed by atoms with Crippen molar-refractivity contribution in [3.63, 3.8) is 0 Å². The Kier molecular flexibility index (Phi) is 5.38. The molecule has 0 bridgehead atoms. The smallest absolute Gasteiger partial charge is 0.273 e. The monoisotopic (exact) mass is 425 g/mol. The number of aryl methyl sites for hydroxylation is 1. The number of aromatic amines is 1. The summed E-state index contributed by atoms with van der Waals surface area (Å²) in [5, 5.41) is 15.2. The maximum Gasteiger partial charge on any atom is 0.273 e. The minimum atomic E-state index is -0.300. The number of amides is 1. The van der Waals surface area contributed by atoms with E-state index in [-0.39, 0.29) is 5.91 Å². The van der Waals surface area contributed by atoms with Crippen molar-refractivity contribution >= 4 is 34.8 Å². The maximum atomic E-state index is 12.5. The first-order valence-corrected chi connectivity index (χ1v) is 9.64. The lowest BCUT2D eigenvalue weighted by atomic mass is 10.1. The van der Waals surface area contributed by atoms with Crippen LogP contribution in [0.2, 0.25) is 10.0 Å². The molecule has 4 rings (SSSR count). The number of aromatic nitrogens is 4. The van der Waals surface area contributed by atoms with Gasteiger partial charge in [0.15, 0.2) is 0 Å². The molecule has 0 atom stereocenters. The van der Waals surface area contributed by atoms with Gasteiger partial charge in [0.1, 0.15) is 5.69 Å². The van der Waals surface area contributed by atoms with E-state index in [9.17, 15) is 4.79 Å². The van der Waals surface area contributed by atoms with E-state index in [0.29, 0.717) is 33.7 Å². The van der Waals surface area contributed by atoms with Crippen molar-refractivity contribution in [1.29, 1.82) is 0 Å². The van der Waals surface area contributed by atoms with Crippen LogP contribution in [0.25, 0.3) is 11.3 Å². The van der Waals surface area contributed by atoms with Gasteiger partial charge in [0, 0.05) is 27.4 Å². The molecule has 0 unspecified atom stereocenters. The predicted molar refractivity (Wildman–Crippen MR) is 115 cm³/mol. The number of halogens is 2.